The van der Waals surface area contributed by atoms with Crippen molar-refractivity contribution in [1.29, 1.82) is 0 Å². The van der Waals surface area contributed by atoms with E-state index < -0.39 is 27.8 Å². The normalized spacial score (nSPS) is 17.8. The lowest BCUT2D eigenvalue weighted by Gasteiger charge is -2.20. The summed E-state index contributed by atoms with van der Waals surface area (Å²) in [5.74, 6) is -1.32. The first-order chi connectivity index (χ1) is 10.2. The summed E-state index contributed by atoms with van der Waals surface area (Å²) < 4.78 is 40.2. The molecule has 0 bridgehead atoms. The molecule has 3 N–H and O–H groups in total. The van der Waals surface area contributed by atoms with E-state index in [2.05, 4.69) is 4.72 Å². The number of hydrogen-bond acceptors (Lipinski definition) is 4. The molecule has 0 aromatic heterocycles. The van der Waals surface area contributed by atoms with Crippen LogP contribution in [0.25, 0.3) is 0 Å². The fraction of sp³-hybridized carbons (Fsp3) is 0.500. The van der Waals surface area contributed by atoms with Crippen molar-refractivity contribution in [2.45, 2.75) is 44.0 Å². The number of nitrogens with one attached hydrogen (secondary N) is 2. The second-order valence-corrected chi connectivity index (χ2v) is 7.79. The number of hydrogen-bond donors (Lipinski definition) is 3. The molecule has 1 aliphatic rings. The second kappa shape index (κ2) is 5.94. The highest BCUT2D eigenvalue weighted by atomic mass is 32.2. The second-order valence-electron chi connectivity index (χ2n) is 6.08. The molecule has 1 atom stereocenters. The number of hydroxylamine groups is 1. The first-order valence-corrected chi connectivity index (χ1v) is 8.38. The SMILES string of the molecule is Cc1cc(S(=O)(=O)NC(CC2(C)CC2)C(=O)NO)ccc1F. The van der Waals surface area contributed by atoms with Gasteiger partial charge in [-0.1, -0.05) is 6.92 Å². The summed E-state index contributed by atoms with van der Waals surface area (Å²) in [6.45, 7) is 3.40. The van der Waals surface area contributed by atoms with E-state index in [4.69, 9.17) is 5.21 Å². The third kappa shape index (κ3) is 3.82. The third-order valence-corrected chi connectivity index (χ3v) is 5.43. The molecule has 0 saturated heterocycles. The first kappa shape index (κ1) is 16.9. The average molecular weight is 330 g/mol. The number of benzene rings is 1. The lowest BCUT2D eigenvalue weighted by atomic mass is 9.99. The van der Waals surface area contributed by atoms with E-state index in [0.29, 0.717) is 6.42 Å². The molecule has 1 amide bonds. The molecular formula is C14H19FN2O4S. The highest BCUT2D eigenvalue weighted by Crippen LogP contribution is 2.49. The molecule has 0 spiro atoms. The van der Waals surface area contributed by atoms with Crippen molar-refractivity contribution >= 4 is 15.9 Å². The van der Waals surface area contributed by atoms with Gasteiger partial charge in [-0.05, 0) is 55.4 Å². The van der Waals surface area contributed by atoms with Gasteiger partial charge in [0.2, 0.25) is 10.0 Å². The summed E-state index contributed by atoms with van der Waals surface area (Å²) >= 11 is 0. The number of sulfonamides is 1. The Balaban J connectivity index is 2.23. The lowest BCUT2D eigenvalue weighted by molar-refractivity contribution is -0.131. The van der Waals surface area contributed by atoms with Crippen LogP contribution in [0.5, 0.6) is 0 Å². The van der Waals surface area contributed by atoms with Crippen LogP contribution in [0.2, 0.25) is 0 Å². The molecule has 1 aliphatic carbocycles. The van der Waals surface area contributed by atoms with Crippen LogP contribution in [-0.2, 0) is 14.8 Å². The van der Waals surface area contributed by atoms with Gasteiger partial charge in [-0.15, -0.1) is 0 Å². The van der Waals surface area contributed by atoms with Crippen LogP contribution in [0.4, 0.5) is 4.39 Å². The van der Waals surface area contributed by atoms with E-state index in [1.54, 1.807) is 0 Å². The van der Waals surface area contributed by atoms with Gasteiger partial charge in [0, 0.05) is 0 Å². The summed E-state index contributed by atoms with van der Waals surface area (Å²) in [7, 11) is -3.99. The van der Waals surface area contributed by atoms with Crippen LogP contribution in [-0.4, -0.2) is 25.6 Å². The van der Waals surface area contributed by atoms with Crippen molar-refractivity contribution in [2.24, 2.45) is 5.41 Å². The Kier molecular flexibility index (Phi) is 4.55. The first-order valence-electron chi connectivity index (χ1n) is 6.89. The molecule has 1 unspecified atom stereocenters. The summed E-state index contributed by atoms with van der Waals surface area (Å²) in [6.07, 6.45) is 2.10. The molecule has 122 valence electrons. The van der Waals surface area contributed by atoms with Crippen molar-refractivity contribution in [1.82, 2.24) is 10.2 Å². The van der Waals surface area contributed by atoms with Gasteiger partial charge < -0.3 is 0 Å². The van der Waals surface area contributed by atoms with Crippen LogP contribution in [0, 0.1) is 18.2 Å². The number of rotatable bonds is 6. The zero-order chi connectivity index (χ0) is 16.5. The van der Waals surface area contributed by atoms with Crippen LogP contribution in [0.3, 0.4) is 0 Å². The van der Waals surface area contributed by atoms with Gasteiger partial charge >= 0.3 is 0 Å². The van der Waals surface area contributed by atoms with Gasteiger partial charge in [-0.25, -0.2) is 18.3 Å². The largest absolute Gasteiger partial charge is 0.289 e. The molecule has 6 nitrogen and oxygen atoms in total. The maximum absolute atomic E-state index is 13.3. The number of amides is 1. The van der Waals surface area contributed by atoms with E-state index in [9.17, 15) is 17.6 Å². The van der Waals surface area contributed by atoms with Crippen LogP contribution >= 0.6 is 0 Å². The molecular weight excluding hydrogens is 311 g/mol. The Morgan fingerprint density at radius 2 is 2.09 bits per heavy atom. The van der Waals surface area contributed by atoms with E-state index in [1.165, 1.54) is 18.5 Å². The van der Waals surface area contributed by atoms with E-state index in [-0.39, 0.29) is 15.9 Å². The average Bonchev–Trinajstić information content (AvgIpc) is 3.17. The summed E-state index contributed by atoms with van der Waals surface area (Å²) in [5, 5.41) is 8.79. The number of halogens is 1. The maximum atomic E-state index is 13.3. The van der Waals surface area contributed by atoms with E-state index >= 15 is 0 Å². The minimum Gasteiger partial charge on any atom is -0.289 e. The van der Waals surface area contributed by atoms with Crippen molar-refractivity contribution < 1.29 is 22.8 Å². The van der Waals surface area contributed by atoms with Crippen molar-refractivity contribution in [2.75, 3.05) is 0 Å². The fourth-order valence-electron chi connectivity index (χ4n) is 2.22. The molecule has 1 saturated carbocycles. The maximum Gasteiger partial charge on any atom is 0.261 e. The van der Waals surface area contributed by atoms with E-state index in [0.717, 1.165) is 25.0 Å². The fourth-order valence-corrected chi connectivity index (χ4v) is 3.50. The van der Waals surface area contributed by atoms with Crippen LogP contribution in [0.15, 0.2) is 23.1 Å². The molecule has 1 aromatic carbocycles. The standard InChI is InChI=1S/C14H19FN2O4S/c1-9-7-10(3-4-11(9)15)22(20,21)17-12(13(18)16-19)8-14(2)5-6-14/h3-4,7,12,17,19H,5-6,8H2,1-2H3,(H,16,18). The summed E-state index contributed by atoms with van der Waals surface area (Å²) in [5.41, 5.74) is 1.58. The number of aryl methyl sites for hydroxylation is 1. The number of carbonyl (C=O) groups is 1. The molecule has 8 heteroatoms. The topological polar surface area (TPSA) is 95.5 Å². The summed E-state index contributed by atoms with van der Waals surface area (Å²) in [6, 6.07) is 2.32. The summed E-state index contributed by atoms with van der Waals surface area (Å²) in [4.78, 5) is 11.6. The minimum absolute atomic E-state index is 0.0988. The molecule has 0 heterocycles. The Labute approximate surface area is 128 Å². The zero-order valence-corrected chi connectivity index (χ0v) is 13.2. The van der Waals surface area contributed by atoms with Gasteiger partial charge in [0.25, 0.3) is 5.91 Å². The quantitative estimate of drug-likeness (QED) is 0.544. The van der Waals surface area contributed by atoms with Gasteiger partial charge in [0.05, 0.1) is 4.90 Å². The molecule has 0 aliphatic heterocycles. The molecule has 2 rings (SSSR count). The van der Waals surface area contributed by atoms with Crippen molar-refractivity contribution in [3.05, 3.63) is 29.6 Å². The molecule has 22 heavy (non-hydrogen) atoms. The van der Waals surface area contributed by atoms with Gasteiger partial charge in [-0.3, -0.25) is 10.0 Å². The molecule has 0 radical (unpaired) electrons. The monoisotopic (exact) mass is 330 g/mol. The highest BCUT2D eigenvalue weighted by molar-refractivity contribution is 7.89. The van der Waals surface area contributed by atoms with Crippen molar-refractivity contribution in [3.8, 4) is 0 Å². The predicted octanol–water partition coefficient (Wildman–Crippen LogP) is 1.48. The highest BCUT2D eigenvalue weighted by Gasteiger charge is 2.42. The van der Waals surface area contributed by atoms with Crippen LogP contribution in [0.1, 0.15) is 31.7 Å². The Morgan fingerprint density at radius 3 is 2.59 bits per heavy atom. The van der Waals surface area contributed by atoms with Crippen LogP contribution < -0.4 is 10.2 Å². The zero-order valence-electron chi connectivity index (χ0n) is 12.4. The number of carbonyl (C=O) groups excluding carboxylic acids is 1. The lowest BCUT2D eigenvalue weighted by Crippen LogP contribution is -2.46. The van der Waals surface area contributed by atoms with Gasteiger partial charge in [0.15, 0.2) is 0 Å². The van der Waals surface area contributed by atoms with E-state index in [1.807, 2.05) is 6.92 Å². The Hall–Kier alpha value is -1.51. The molecule has 1 fully saturated rings. The third-order valence-electron chi connectivity index (χ3n) is 3.96. The predicted molar refractivity (Wildman–Crippen MR) is 77.1 cm³/mol. The molecule has 1 aromatic rings. The minimum atomic E-state index is -3.99. The smallest absolute Gasteiger partial charge is 0.261 e. The van der Waals surface area contributed by atoms with Gasteiger partial charge in [0.1, 0.15) is 11.9 Å². The Morgan fingerprint density at radius 1 is 1.45 bits per heavy atom. The van der Waals surface area contributed by atoms with Gasteiger partial charge in [-0.2, -0.15) is 4.72 Å². The Bertz CT molecular complexity index is 686. The van der Waals surface area contributed by atoms with Crippen molar-refractivity contribution in [3.63, 3.8) is 0 Å².